The maximum absolute atomic E-state index is 3.80. The summed E-state index contributed by atoms with van der Waals surface area (Å²) in [4.78, 5) is 0. The van der Waals surface area contributed by atoms with Crippen molar-refractivity contribution in [3.8, 4) is 0 Å². The van der Waals surface area contributed by atoms with E-state index in [0.29, 0.717) is 11.8 Å². The van der Waals surface area contributed by atoms with Crippen LogP contribution in [-0.4, -0.2) is 13.1 Å². The summed E-state index contributed by atoms with van der Waals surface area (Å²) in [5, 5.41) is 7.59. The average Bonchev–Trinajstić information content (AvgIpc) is 2.59. The van der Waals surface area contributed by atoms with E-state index in [2.05, 4.69) is 99.0 Å². The van der Waals surface area contributed by atoms with Gasteiger partial charge in [-0.15, -0.1) is 0 Å². The van der Waals surface area contributed by atoms with Crippen molar-refractivity contribution in [2.75, 3.05) is 13.1 Å². The summed E-state index contributed by atoms with van der Waals surface area (Å²) in [7, 11) is 0. The van der Waals surface area contributed by atoms with E-state index in [4.69, 9.17) is 0 Å². The molecule has 2 N–H and O–H groups in total. The van der Waals surface area contributed by atoms with Gasteiger partial charge in [-0.3, -0.25) is 0 Å². The minimum Gasteiger partial charge on any atom is -0.308 e. The predicted octanol–water partition coefficient (Wildman–Crippen LogP) is 4.96. The standard InChI is InChI=1S/C22H32N2/c1-17(2)15-23-21(19-11-7-5-8-12-19)22(24-16-18(3)4)20-13-9-6-10-14-20/h5-14,17-18,21-24H,15-16H2,1-4H3/t21-,22-/m0/s1. The van der Waals surface area contributed by atoms with E-state index >= 15 is 0 Å². The monoisotopic (exact) mass is 324 g/mol. The van der Waals surface area contributed by atoms with Gasteiger partial charge >= 0.3 is 0 Å². The van der Waals surface area contributed by atoms with E-state index in [1.54, 1.807) is 0 Å². The third kappa shape index (κ3) is 5.77. The van der Waals surface area contributed by atoms with E-state index < -0.39 is 0 Å². The Balaban J connectivity index is 2.31. The van der Waals surface area contributed by atoms with Gasteiger partial charge in [0.2, 0.25) is 0 Å². The van der Waals surface area contributed by atoms with Crippen LogP contribution in [0.1, 0.15) is 50.9 Å². The smallest absolute Gasteiger partial charge is 0.0518 e. The molecule has 0 saturated heterocycles. The van der Waals surface area contributed by atoms with Crippen LogP contribution in [0.5, 0.6) is 0 Å². The van der Waals surface area contributed by atoms with Crippen LogP contribution in [0, 0.1) is 11.8 Å². The molecule has 2 heteroatoms. The van der Waals surface area contributed by atoms with Crippen molar-refractivity contribution in [1.82, 2.24) is 10.6 Å². The second-order valence-electron chi connectivity index (χ2n) is 7.38. The molecule has 0 unspecified atom stereocenters. The number of hydrogen-bond acceptors (Lipinski definition) is 2. The van der Waals surface area contributed by atoms with Crippen molar-refractivity contribution >= 4 is 0 Å². The Kier molecular flexibility index (Phi) is 7.48. The summed E-state index contributed by atoms with van der Waals surface area (Å²) in [6.07, 6.45) is 0. The van der Waals surface area contributed by atoms with Gasteiger partial charge in [0.1, 0.15) is 0 Å². The van der Waals surface area contributed by atoms with E-state index in [9.17, 15) is 0 Å². The molecular formula is C22H32N2. The second kappa shape index (κ2) is 9.61. The molecule has 24 heavy (non-hydrogen) atoms. The highest BCUT2D eigenvalue weighted by Gasteiger charge is 2.24. The lowest BCUT2D eigenvalue weighted by molar-refractivity contribution is 0.353. The molecule has 0 heterocycles. The Morgan fingerprint density at radius 1 is 0.583 bits per heavy atom. The van der Waals surface area contributed by atoms with Crippen molar-refractivity contribution in [3.63, 3.8) is 0 Å². The number of nitrogens with one attached hydrogen (secondary N) is 2. The molecule has 0 aliphatic heterocycles. The SMILES string of the molecule is CC(C)CN[C@@H](c1ccccc1)[C@@H](NCC(C)C)c1ccccc1. The minimum absolute atomic E-state index is 0.259. The topological polar surface area (TPSA) is 24.1 Å². The lowest BCUT2D eigenvalue weighted by atomic mass is 9.92. The van der Waals surface area contributed by atoms with Crippen LogP contribution < -0.4 is 10.6 Å². The van der Waals surface area contributed by atoms with Crippen molar-refractivity contribution in [1.29, 1.82) is 0 Å². The molecule has 0 fully saturated rings. The highest BCUT2D eigenvalue weighted by atomic mass is 15.0. The summed E-state index contributed by atoms with van der Waals surface area (Å²) >= 11 is 0. The first kappa shape index (κ1) is 18.7. The molecule has 0 aliphatic rings. The quantitative estimate of drug-likeness (QED) is 0.681. The van der Waals surface area contributed by atoms with Crippen molar-refractivity contribution in [2.24, 2.45) is 11.8 Å². The zero-order valence-corrected chi connectivity index (χ0v) is 15.5. The molecular weight excluding hydrogens is 292 g/mol. The molecule has 0 spiro atoms. The third-order valence-corrected chi connectivity index (χ3v) is 4.14. The first-order valence-electron chi connectivity index (χ1n) is 9.14. The van der Waals surface area contributed by atoms with Crippen LogP contribution in [-0.2, 0) is 0 Å². The highest BCUT2D eigenvalue weighted by molar-refractivity contribution is 5.27. The molecule has 0 radical (unpaired) electrons. The lowest BCUT2D eigenvalue weighted by Gasteiger charge is -2.31. The zero-order valence-electron chi connectivity index (χ0n) is 15.5. The van der Waals surface area contributed by atoms with Crippen LogP contribution >= 0.6 is 0 Å². The van der Waals surface area contributed by atoms with Gasteiger partial charge in [0, 0.05) is 0 Å². The molecule has 130 valence electrons. The summed E-state index contributed by atoms with van der Waals surface area (Å²) in [6, 6.07) is 22.1. The molecule has 0 saturated carbocycles. The van der Waals surface area contributed by atoms with Gasteiger partial charge in [-0.25, -0.2) is 0 Å². The molecule has 2 atom stereocenters. The Morgan fingerprint density at radius 3 is 1.21 bits per heavy atom. The molecule has 2 aromatic carbocycles. The van der Waals surface area contributed by atoms with Crippen LogP contribution in [0.3, 0.4) is 0 Å². The van der Waals surface area contributed by atoms with Crippen LogP contribution in [0.4, 0.5) is 0 Å². The maximum atomic E-state index is 3.80. The van der Waals surface area contributed by atoms with E-state index in [-0.39, 0.29) is 12.1 Å². The minimum atomic E-state index is 0.259. The first-order valence-corrected chi connectivity index (χ1v) is 9.14. The van der Waals surface area contributed by atoms with Gasteiger partial charge in [-0.1, -0.05) is 88.4 Å². The van der Waals surface area contributed by atoms with Crippen molar-refractivity contribution in [3.05, 3.63) is 71.8 Å². The van der Waals surface area contributed by atoms with Crippen molar-refractivity contribution < 1.29 is 0 Å². The average molecular weight is 325 g/mol. The number of hydrogen-bond donors (Lipinski definition) is 2. The van der Waals surface area contributed by atoms with Gasteiger partial charge in [0.25, 0.3) is 0 Å². The first-order chi connectivity index (χ1) is 11.6. The Bertz CT molecular complexity index is 510. The van der Waals surface area contributed by atoms with E-state index in [0.717, 1.165) is 13.1 Å². The lowest BCUT2D eigenvalue weighted by Crippen LogP contribution is -2.38. The Hall–Kier alpha value is -1.64. The molecule has 2 nitrogen and oxygen atoms in total. The molecule has 2 aromatic rings. The van der Waals surface area contributed by atoms with E-state index in [1.807, 2.05) is 0 Å². The molecule has 0 aromatic heterocycles. The predicted molar refractivity (Wildman–Crippen MR) is 104 cm³/mol. The third-order valence-electron chi connectivity index (χ3n) is 4.14. The molecule has 0 aliphatic carbocycles. The van der Waals surface area contributed by atoms with Gasteiger partial charge in [0.05, 0.1) is 12.1 Å². The summed E-state index contributed by atoms with van der Waals surface area (Å²) < 4.78 is 0. The molecule has 0 bridgehead atoms. The van der Waals surface area contributed by atoms with Gasteiger partial charge in [-0.2, -0.15) is 0 Å². The summed E-state index contributed by atoms with van der Waals surface area (Å²) in [5.74, 6) is 1.25. The fourth-order valence-corrected chi connectivity index (χ4v) is 2.90. The Labute approximate surface area is 147 Å². The van der Waals surface area contributed by atoms with Crippen molar-refractivity contribution in [2.45, 2.75) is 39.8 Å². The largest absolute Gasteiger partial charge is 0.308 e. The van der Waals surface area contributed by atoms with Crippen LogP contribution in [0.25, 0.3) is 0 Å². The molecule has 0 amide bonds. The molecule has 2 rings (SSSR count). The number of benzene rings is 2. The maximum Gasteiger partial charge on any atom is 0.0518 e. The summed E-state index contributed by atoms with van der Waals surface area (Å²) in [5.41, 5.74) is 2.67. The highest BCUT2D eigenvalue weighted by Crippen LogP contribution is 2.29. The van der Waals surface area contributed by atoms with Crippen LogP contribution in [0.2, 0.25) is 0 Å². The summed E-state index contributed by atoms with van der Waals surface area (Å²) in [6.45, 7) is 11.0. The number of rotatable bonds is 9. The van der Waals surface area contributed by atoms with Crippen LogP contribution in [0.15, 0.2) is 60.7 Å². The zero-order chi connectivity index (χ0) is 17.4. The Morgan fingerprint density at radius 2 is 0.917 bits per heavy atom. The second-order valence-corrected chi connectivity index (χ2v) is 7.38. The van der Waals surface area contributed by atoms with Gasteiger partial charge in [-0.05, 0) is 36.1 Å². The fraction of sp³-hybridized carbons (Fsp3) is 0.455. The van der Waals surface area contributed by atoms with Gasteiger partial charge in [0.15, 0.2) is 0 Å². The van der Waals surface area contributed by atoms with Gasteiger partial charge < -0.3 is 10.6 Å². The fourth-order valence-electron chi connectivity index (χ4n) is 2.90. The van der Waals surface area contributed by atoms with E-state index in [1.165, 1.54) is 11.1 Å². The normalized spacial score (nSPS) is 14.1.